The topological polar surface area (TPSA) is 15.6 Å². The molecule has 1 rings (SSSR count). The summed E-state index contributed by atoms with van der Waals surface area (Å²) in [6.07, 6.45) is 0. The second kappa shape index (κ2) is 11.3. The molecule has 0 aromatic heterocycles. The Labute approximate surface area is 125 Å². The van der Waals surface area contributed by atoms with Crippen molar-refractivity contribution in [3.8, 4) is 0 Å². The van der Waals surface area contributed by atoms with Crippen molar-refractivity contribution < 1.29 is 32.7 Å². The van der Waals surface area contributed by atoms with Crippen LogP contribution in [-0.4, -0.2) is 31.9 Å². The molecule has 0 heterocycles. The van der Waals surface area contributed by atoms with Crippen molar-refractivity contribution in [2.45, 2.75) is 6.92 Å². The Hall–Kier alpha value is -0.206. The third kappa shape index (κ3) is 9.05. The fourth-order valence-corrected chi connectivity index (χ4v) is 1.20. The monoisotopic (exact) mass is 293 g/mol. The first kappa shape index (κ1) is 18.2. The summed E-state index contributed by atoms with van der Waals surface area (Å²) in [7, 11) is 5.74. The predicted octanol–water partition coefficient (Wildman–Crippen LogP) is 2.53. The van der Waals surface area contributed by atoms with Crippen molar-refractivity contribution >= 4 is 5.84 Å². The van der Waals surface area contributed by atoms with E-state index in [4.69, 9.17) is 0 Å². The summed E-state index contributed by atoms with van der Waals surface area (Å²) in [5, 5.41) is 0. The minimum Gasteiger partial charge on any atom is -0.368 e. The van der Waals surface area contributed by atoms with Crippen molar-refractivity contribution in [2.75, 3.05) is 21.1 Å². The molecule has 0 aliphatic carbocycles. The van der Waals surface area contributed by atoms with Gasteiger partial charge in [0, 0.05) is 53.9 Å². The predicted molar refractivity (Wildman–Crippen MR) is 66.8 cm³/mol. The molecule has 0 spiro atoms. The maximum atomic E-state index is 4.07. The van der Waals surface area contributed by atoms with E-state index < -0.39 is 0 Å². The first-order chi connectivity index (χ1) is 7.09. The molecule has 87 valence electrons. The van der Waals surface area contributed by atoms with Gasteiger partial charge in [-0.2, -0.15) is 36.4 Å². The maximum Gasteiger partial charge on any atom is 0.0705 e. The first-order valence-corrected chi connectivity index (χ1v) is 4.97. The Bertz CT molecular complexity index is 232. The van der Waals surface area contributed by atoms with Gasteiger partial charge >= 0.3 is 0 Å². The van der Waals surface area contributed by atoms with Gasteiger partial charge in [-0.15, -0.1) is 5.92 Å². The number of aliphatic imine (C=N–C) groups is 1. The van der Waals surface area contributed by atoms with E-state index in [1.807, 2.05) is 56.3 Å². The molecule has 0 N–H and O–H groups in total. The number of amidine groups is 1. The smallest absolute Gasteiger partial charge is 0.0705 e. The minimum atomic E-state index is 0. The van der Waals surface area contributed by atoms with Crippen LogP contribution >= 0.6 is 0 Å². The first-order valence-electron chi connectivity index (χ1n) is 4.97. The second-order valence-corrected chi connectivity index (χ2v) is 3.45. The number of hydrogen-bond donors (Lipinski definition) is 0. The minimum absolute atomic E-state index is 0. The van der Waals surface area contributed by atoms with Gasteiger partial charge in [-0.1, -0.05) is 6.92 Å². The Morgan fingerprint density at radius 3 is 1.81 bits per heavy atom. The summed E-state index contributed by atoms with van der Waals surface area (Å²) in [4.78, 5) is 6.05. The Morgan fingerprint density at radius 2 is 1.75 bits per heavy atom. The van der Waals surface area contributed by atoms with Crippen LogP contribution in [-0.2, 0) is 32.7 Å². The Morgan fingerprint density at radius 1 is 1.25 bits per heavy atom. The Balaban J connectivity index is 0. The number of hydrogen-bond acceptors (Lipinski definition) is 1. The average molecular weight is 293 g/mol. The van der Waals surface area contributed by atoms with Crippen molar-refractivity contribution in [3.63, 3.8) is 0 Å². The van der Waals surface area contributed by atoms with Gasteiger partial charge in [0.2, 0.25) is 0 Å². The number of nitrogens with zero attached hydrogens (tertiary/aromatic N) is 2. The van der Waals surface area contributed by atoms with E-state index in [0.29, 0.717) is 0 Å². The SMILES string of the molecule is [CH2-]C(C)C(=NC)N(C)C.[Y].[c-]1ccccc1. The molecule has 0 amide bonds. The molecule has 1 radical (unpaired) electrons. The quantitative estimate of drug-likeness (QED) is 0.441. The molecule has 1 unspecified atom stereocenters. The van der Waals surface area contributed by atoms with Crippen LogP contribution < -0.4 is 0 Å². The molecule has 0 aliphatic rings. The van der Waals surface area contributed by atoms with E-state index in [1.165, 1.54) is 0 Å². The van der Waals surface area contributed by atoms with Crippen LogP contribution in [0.25, 0.3) is 0 Å². The molecule has 0 aliphatic heterocycles. The van der Waals surface area contributed by atoms with Crippen LogP contribution in [0.5, 0.6) is 0 Å². The maximum absolute atomic E-state index is 4.07. The molecule has 1 atom stereocenters. The molecular formula is C13H20N2Y-2. The summed E-state index contributed by atoms with van der Waals surface area (Å²) in [6, 6.07) is 12.5. The fraction of sp³-hybridized carbons (Fsp3) is 0.385. The van der Waals surface area contributed by atoms with E-state index in [0.717, 1.165) is 5.84 Å². The van der Waals surface area contributed by atoms with Gasteiger partial charge in [0.15, 0.2) is 0 Å². The summed E-state index contributed by atoms with van der Waals surface area (Å²) in [5.74, 6) is 1.32. The van der Waals surface area contributed by atoms with Crippen molar-refractivity contribution in [2.24, 2.45) is 10.9 Å². The van der Waals surface area contributed by atoms with Gasteiger partial charge in [0.1, 0.15) is 0 Å². The third-order valence-corrected chi connectivity index (χ3v) is 1.74. The van der Waals surface area contributed by atoms with Crippen LogP contribution in [0.3, 0.4) is 0 Å². The molecule has 0 bridgehead atoms. The normalized spacial score (nSPS) is 11.7. The molecule has 1 aromatic carbocycles. The second-order valence-electron chi connectivity index (χ2n) is 3.45. The molecular weight excluding hydrogens is 273 g/mol. The van der Waals surface area contributed by atoms with E-state index in [-0.39, 0.29) is 38.6 Å². The van der Waals surface area contributed by atoms with E-state index >= 15 is 0 Å². The molecule has 16 heavy (non-hydrogen) atoms. The zero-order valence-electron chi connectivity index (χ0n) is 10.6. The summed E-state index contributed by atoms with van der Waals surface area (Å²) >= 11 is 0. The van der Waals surface area contributed by atoms with Crippen molar-refractivity contribution in [1.82, 2.24) is 4.90 Å². The molecule has 0 saturated heterocycles. The van der Waals surface area contributed by atoms with Gasteiger partial charge in [0.05, 0.1) is 5.84 Å². The van der Waals surface area contributed by atoms with Crippen LogP contribution in [0.2, 0.25) is 0 Å². The standard InChI is InChI=1S/C7H15N2.C6H5.Y/c1-6(2)7(8-3)9(4)5;1-2-4-6-5-3-1;/h6H,1H2,2-5H3;1-5H;/q2*-1;. The largest absolute Gasteiger partial charge is 0.368 e. The average Bonchev–Trinajstić information content (AvgIpc) is 2.21. The number of benzene rings is 1. The van der Waals surface area contributed by atoms with Gasteiger partial charge in [-0.3, -0.25) is 4.99 Å². The summed E-state index contributed by atoms with van der Waals surface area (Å²) in [5.41, 5.74) is 0. The Kier molecular flexibility index (Phi) is 12.8. The van der Waals surface area contributed by atoms with Crippen molar-refractivity contribution in [3.05, 3.63) is 43.3 Å². The van der Waals surface area contributed by atoms with Gasteiger partial charge in [0.25, 0.3) is 0 Å². The molecule has 3 heteroatoms. The van der Waals surface area contributed by atoms with Crippen molar-refractivity contribution in [1.29, 1.82) is 0 Å². The zero-order chi connectivity index (χ0) is 11.7. The summed E-state index contributed by atoms with van der Waals surface area (Å²) in [6.45, 7) is 5.89. The van der Waals surface area contributed by atoms with E-state index in [2.05, 4.69) is 18.0 Å². The van der Waals surface area contributed by atoms with Crippen LogP contribution in [0.15, 0.2) is 35.3 Å². The van der Waals surface area contributed by atoms with Crippen LogP contribution in [0.1, 0.15) is 6.92 Å². The van der Waals surface area contributed by atoms with E-state index in [1.54, 1.807) is 7.05 Å². The van der Waals surface area contributed by atoms with Crippen LogP contribution in [0.4, 0.5) is 0 Å². The molecule has 0 fully saturated rings. The van der Waals surface area contributed by atoms with Gasteiger partial charge in [-0.25, -0.2) is 0 Å². The van der Waals surface area contributed by atoms with Crippen LogP contribution in [0, 0.1) is 18.9 Å². The molecule has 2 nitrogen and oxygen atoms in total. The number of rotatable bonds is 1. The summed E-state index contributed by atoms with van der Waals surface area (Å²) < 4.78 is 0. The van der Waals surface area contributed by atoms with Gasteiger partial charge < -0.3 is 11.8 Å². The fourth-order valence-electron chi connectivity index (χ4n) is 1.20. The van der Waals surface area contributed by atoms with Gasteiger partial charge in [-0.05, 0) is 0 Å². The molecule has 0 saturated carbocycles. The van der Waals surface area contributed by atoms with E-state index in [9.17, 15) is 0 Å². The molecule has 1 aromatic rings. The third-order valence-electron chi connectivity index (χ3n) is 1.74. The zero-order valence-corrected chi connectivity index (χ0v) is 13.5.